The Bertz CT molecular complexity index is 497. The molecule has 0 unspecified atom stereocenters. The molecule has 1 amide bonds. The summed E-state index contributed by atoms with van der Waals surface area (Å²) in [6.45, 7) is 5.21. The quantitative estimate of drug-likeness (QED) is 0.652. The SMILES string of the molecule is COC(C)(C)C(=O)NCc1cccc([N+](=O)[O-])c1C. The van der Waals surface area contributed by atoms with E-state index in [-0.39, 0.29) is 18.1 Å². The van der Waals surface area contributed by atoms with Gasteiger partial charge in [-0.2, -0.15) is 0 Å². The number of nitro benzene ring substituents is 1. The van der Waals surface area contributed by atoms with Crippen LogP contribution in [0.5, 0.6) is 0 Å². The lowest BCUT2D eigenvalue weighted by Crippen LogP contribution is -2.43. The Morgan fingerprint density at radius 1 is 1.47 bits per heavy atom. The molecule has 0 heterocycles. The van der Waals surface area contributed by atoms with Gasteiger partial charge in [0.05, 0.1) is 4.92 Å². The Morgan fingerprint density at radius 2 is 2.11 bits per heavy atom. The fraction of sp³-hybridized carbons (Fsp3) is 0.462. The van der Waals surface area contributed by atoms with Crippen molar-refractivity contribution < 1.29 is 14.5 Å². The van der Waals surface area contributed by atoms with Crippen LogP contribution in [0.1, 0.15) is 25.0 Å². The van der Waals surface area contributed by atoms with Crippen LogP contribution >= 0.6 is 0 Å². The number of methoxy groups -OCH3 is 1. The molecule has 0 bridgehead atoms. The zero-order valence-corrected chi connectivity index (χ0v) is 11.5. The molecule has 0 atom stereocenters. The Labute approximate surface area is 111 Å². The van der Waals surface area contributed by atoms with Gasteiger partial charge in [0, 0.05) is 25.3 Å². The molecule has 0 aliphatic carbocycles. The second-order valence-corrected chi connectivity index (χ2v) is 4.72. The molecular weight excluding hydrogens is 248 g/mol. The molecule has 1 N–H and O–H groups in total. The summed E-state index contributed by atoms with van der Waals surface area (Å²) in [6, 6.07) is 4.80. The topological polar surface area (TPSA) is 81.5 Å². The lowest BCUT2D eigenvalue weighted by molar-refractivity contribution is -0.385. The maximum atomic E-state index is 11.8. The number of benzene rings is 1. The molecule has 0 saturated carbocycles. The predicted octanol–water partition coefficient (Wildman–Crippen LogP) is 1.94. The number of carbonyl (C=O) groups excluding carboxylic acids is 1. The van der Waals surface area contributed by atoms with E-state index in [1.807, 2.05) is 0 Å². The lowest BCUT2D eigenvalue weighted by atomic mass is 10.1. The van der Waals surface area contributed by atoms with Crippen molar-refractivity contribution in [3.63, 3.8) is 0 Å². The number of nitrogens with one attached hydrogen (secondary N) is 1. The molecule has 1 aromatic carbocycles. The van der Waals surface area contributed by atoms with Gasteiger partial charge in [-0.3, -0.25) is 14.9 Å². The van der Waals surface area contributed by atoms with Crippen molar-refractivity contribution in [3.8, 4) is 0 Å². The standard InChI is InChI=1S/C13H18N2O4/c1-9-10(6-5-7-11(9)15(17)18)8-14-12(16)13(2,3)19-4/h5-7H,8H2,1-4H3,(H,14,16). The van der Waals surface area contributed by atoms with Crippen LogP contribution in [0.25, 0.3) is 0 Å². The summed E-state index contributed by atoms with van der Waals surface area (Å²) in [5.74, 6) is -0.263. The smallest absolute Gasteiger partial charge is 0.272 e. The van der Waals surface area contributed by atoms with E-state index in [0.717, 1.165) is 5.56 Å². The molecule has 0 spiro atoms. The Kier molecular flexibility index (Phi) is 4.61. The molecule has 0 aliphatic rings. The van der Waals surface area contributed by atoms with Gasteiger partial charge < -0.3 is 10.1 Å². The fourth-order valence-electron chi connectivity index (χ4n) is 1.54. The first-order valence-corrected chi connectivity index (χ1v) is 5.86. The van der Waals surface area contributed by atoms with Crippen molar-refractivity contribution in [3.05, 3.63) is 39.4 Å². The number of amides is 1. The highest BCUT2D eigenvalue weighted by molar-refractivity contribution is 5.84. The van der Waals surface area contributed by atoms with Crippen LogP contribution in [0.15, 0.2) is 18.2 Å². The van der Waals surface area contributed by atoms with Crippen molar-refractivity contribution in [2.24, 2.45) is 0 Å². The molecule has 6 heteroatoms. The lowest BCUT2D eigenvalue weighted by Gasteiger charge is -2.21. The average Bonchev–Trinajstić information content (AvgIpc) is 2.36. The van der Waals surface area contributed by atoms with Gasteiger partial charge in [-0.05, 0) is 26.3 Å². The first kappa shape index (κ1) is 15.1. The average molecular weight is 266 g/mol. The molecule has 104 valence electrons. The van der Waals surface area contributed by atoms with Crippen molar-refractivity contribution in [1.29, 1.82) is 0 Å². The maximum Gasteiger partial charge on any atom is 0.272 e. The van der Waals surface area contributed by atoms with Crippen LogP contribution in [0.4, 0.5) is 5.69 Å². The Morgan fingerprint density at radius 3 is 2.63 bits per heavy atom. The number of rotatable bonds is 5. The monoisotopic (exact) mass is 266 g/mol. The largest absolute Gasteiger partial charge is 0.369 e. The van der Waals surface area contributed by atoms with Crippen molar-refractivity contribution in [2.75, 3.05) is 7.11 Å². The highest BCUT2D eigenvalue weighted by Crippen LogP contribution is 2.21. The number of nitro groups is 1. The van der Waals surface area contributed by atoms with Gasteiger partial charge in [0.25, 0.3) is 11.6 Å². The van der Waals surface area contributed by atoms with Crippen LogP contribution in [-0.2, 0) is 16.1 Å². The Balaban J connectivity index is 2.82. The number of hydrogen-bond donors (Lipinski definition) is 1. The highest BCUT2D eigenvalue weighted by atomic mass is 16.6. The number of hydrogen-bond acceptors (Lipinski definition) is 4. The summed E-state index contributed by atoms with van der Waals surface area (Å²) in [4.78, 5) is 22.2. The van der Waals surface area contributed by atoms with Crippen molar-refractivity contribution in [1.82, 2.24) is 5.32 Å². The first-order valence-electron chi connectivity index (χ1n) is 5.86. The minimum absolute atomic E-state index is 0.0535. The molecule has 1 rings (SSSR count). The summed E-state index contributed by atoms with van der Waals surface area (Å²) < 4.78 is 5.06. The predicted molar refractivity (Wildman–Crippen MR) is 70.8 cm³/mol. The summed E-state index contributed by atoms with van der Waals surface area (Å²) in [5.41, 5.74) is 0.407. The normalized spacial score (nSPS) is 11.2. The summed E-state index contributed by atoms with van der Waals surface area (Å²) in [7, 11) is 1.46. The van der Waals surface area contributed by atoms with Crippen molar-refractivity contribution >= 4 is 11.6 Å². The molecule has 0 aromatic heterocycles. The summed E-state index contributed by atoms with van der Waals surface area (Å²) >= 11 is 0. The van der Waals surface area contributed by atoms with E-state index in [0.29, 0.717) is 5.56 Å². The molecule has 0 aliphatic heterocycles. The summed E-state index contributed by atoms with van der Waals surface area (Å²) in [5, 5.41) is 13.5. The molecular formula is C13H18N2O4. The molecule has 6 nitrogen and oxygen atoms in total. The third-order valence-corrected chi connectivity index (χ3v) is 3.11. The van der Waals surface area contributed by atoms with Gasteiger partial charge >= 0.3 is 0 Å². The van der Waals surface area contributed by atoms with E-state index >= 15 is 0 Å². The zero-order valence-electron chi connectivity index (χ0n) is 11.5. The van der Waals surface area contributed by atoms with Crippen LogP contribution in [0, 0.1) is 17.0 Å². The van der Waals surface area contributed by atoms with Crippen LogP contribution in [0.2, 0.25) is 0 Å². The second-order valence-electron chi connectivity index (χ2n) is 4.72. The van der Waals surface area contributed by atoms with Crippen LogP contribution in [-0.4, -0.2) is 23.5 Å². The zero-order chi connectivity index (χ0) is 14.6. The van der Waals surface area contributed by atoms with E-state index in [2.05, 4.69) is 5.32 Å². The van der Waals surface area contributed by atoms with Gasteiger partial charge in [0.15, 0.2) is 0 Å². The minimum Gasteiger partial charge on any atom is -0.369 e. The maximum absolute atomic E-state index is 11.8. The molecule has 0 saturated heterocycles. The third-order valence-electron chi connectivity index (χ3n) is 3.11. The van der Waals surface area contributed by atoms with E-state index in [4.69, 9.17) is 4.74 Å². The first-order chi connectivity index (χ1) is 8.79. The number of nitrogens with zero attached hydrogens (tertiary/aromatic N) is 1. The third kappa shape index (κ3) is 3.51. The van der Waals surface area contributed by atoms with Crippen molar-refractivity contribution in [2.45, 2.75) is 32.9 Å². The molecule has 1 aromatic rings. The van der Waals surface area contributed by atoms with Gasteiger partial charge in [-0.25, -0.2) is 0 Å². The summed E-state index contributed by atoms with van der Waals surface area (Å²) in [6.07, 6.45) is 0. The van der Waals surface area contributed by atoms with E-state index in [9.17, 15) is 14.9 Å². The molecule has 0 radical (unpaired) electrons. The molecule has 19 heavy (non-hydrogen) atoms. The minimum atomic E-state index is -0.922. The van der Waals surface area contributed by atoms with E-state index < -0.39 is 10.5 Å². The van der Waals surface area contributed by atoms with E-state index in [1.54, 1.807) is 32.9 Å². The van der Waals surface area contributed by atoms with Gasteiger partial charge in [0.1, 0.15) is 5.60 Å². The van der Waals surface area contributed by atoms with Gasteiger partial charge in [-0.15, -0.1) is 0 Å². The van der Waals surface area contributed by atoms with Crippen LogP contribution in [0.3, 0.4) is 0 Å². The van der Waals surface area contributed by atoms with Crippen LogP contribution < -0.4 is 5.32 Å². The molecule has 0 fully saturated rings. The van der Waals surface area contributed by atoms with Gasteiger partial charge in [0.2, 0.25) is 0 Å². The highest BCUT2D eigenvalue weighted by Gasteiger charge is 2.26. The number of ether oxygens (including phenoxy) is 1. The van der Waals surface area contributed by atoms with Gasteiger partial charge in [-0.1, -0.05) is 12.1 Å². The fourth-order valence-corrected chi connectivity index (χ4v) is 1.54. The number of carbonyl (C=O) groups is 1. The van der Waals surface area contributed by atoms with E-state index in [1.165, 1.54) is 13.2 Å². The Hall–Kier alpha value is -1.95. The second kappa shape index (κ2) is 5.79.